The molecule has 2 aliphatic rings. The summed E-state index contributed by atoms with van der Waals surface area (Å²) in [6, 6.07) is 16.0. The first-order chi connectivity index (χ1) is 14.0. The van der Waals surface area contributed by atoms with Crippen molar-refractivity contribution in [3.8, 4) is 5.75 Å². The number of carbonyl (C=O) groups is 3. The van der Waals surface area contributed by atoms with E-state index in [1.54, 1.807) is 56.4 Å². The number of benzene rings is 2. The third-order valence-corrected chi connectivity index (χ3v) is 5.75. The summed E-state index contributed by atoms with van der Waals surface area (Å²) in [6.07, 6.45) is 0. The molecule has 0 N–H and O–H groups in total. The van der Waals surface area contributed by atoms with Gasteiger partial charge in [-0.1, -0.05) is 42.1 Å². The van der Waals surface area contributed by atoms with Gasteiger partial charge in [0.2, 0.25) is 5.76 Å². The lowest BCUT2D eigenvalue weighted by atomic mass is 10.2. The maximum atomic E-state index is 13.1. The normalized spacial score (nSPS) is 21.1. The Hall–Kier alpha value is -3.26. The molecule has 0 aromatic heterocycles. The lowest BCUT2D eigenvalue weighted by molar-refractivity contribution is -0.144. The molecular formula is C21H18N2O5S. The van der Waals surface area contributed by atoms with E-state index in [9.17, 15) is 14.4 Å². The molecule has 8 heteroatoms. The Morgan fingerprint density at radius 2 is 1.79 bits per heavy atom. The van der Waals surface area contributed by atoms with Crippen molar-refractivity contribution in [1.82, 2.24) is 0 Å². The highest BCUT2D eigenvalue weighted by atomic mass is 32.2. The van der Waals surface area contributed by atoms with Crippen molar-refractivity contribution >= 4 is 40.9 Å². The highest BCUT2D eigenvalue weighted by molar-refractivity contribution is 8.05. The van der Waals surface area contributed by atoms with Gasteiger partial charge in [-0.15, -0.1) is 0 Å². The number of likely N-dealkylation sites (N-methyl/N-ethyl adjacent to an activating group) is 1. The smallest absolute Gasteiger partial charge is 0.329 e. The van der Waals surface area contributed by atoms with Crippen molar-refractivity contribution in [2.75, 3.05) is 23.5 Å². The van der Waals surface area contributed by atoms with Gasteiger partial charge in [-0.2, -0.15) is 0 Å². The van der Waals surface area contributed by atoms with Gasteiger partial charge in [0, 0.05) is 12.7 Å². The van der Waals surface area contributed by atoms with E-state index < -0.39 is 23.0 Å². The second kappa shape index (κ2) is 7.63. The lowest BCUT2D eigenvalue weighted by Crippen LogP contribution is -2.38. The molecule has 1 atom stereocenters. The molecule has 2 heterocycles. The Morgan fingerprint density at radius 1 is 1.10 bits per heavy atom. The number of thioether (sulfide) groups is 1. The Bertz CT molecular complexity index is 1020. The molecule has 7 nitrogen and oxygen atoms in total. The molecule has 2 aromatic rings. The number of nitrogens with zero attached hydrogens (tertiary/aromatic N) is 2. The Morgan fingerprint density at radius 3 is 2.52 bits per heavy atom. The number of hydrogen-bond donors (Lipinski definition) is 0. The van der Waals surface area contributed by atoms with E-state index in [-0.39, 0.29) is 17.4 Å². The third-order valence-electron chi connectivity index (χ3n) is 4.52. The molecular weight excluding hydrogens is 392 g/mol. The van der Waals surface area contributed by atoms with Crippen LogP contribution in [0.25, 0.3) is 0 Å². The molecule has 0 radical (unpaired) electrons. The predicted molar refractivity (Wildman–Crippen MR) is 109 cm³/mol. The highest BCUT2D eigenvalue weighted by Crippen LogP contribution is 2.44. The number of para-hydroxylation sites is 3. The molecule has 1 fully saturated rings. The number of esters is 1. The maximum Gasteiger partial charge on any atom is 0.329 e. The summed E-state index contributed by atoms with van der Waals surface area (Å²) in [5, 5.41) is -0.831. The van der Waals surface area contributed by atoms with Crippen molar-refractivity contribution in [3.63, 3.8) is 0 Å². The van der Waals surface area contributed by atoms with Gasteiger partial charge in [0.25, 0.3) is 11.8 Å². The summed E-state index contributed by atoms with van der Waals surface area (Å²) in [7, 11) is 1.64. The third kappa shape index (κ3) is 3.25. The zero-order valence-electron chi connectivity index (χ0n) is 15.8. The van der Waals surface area contributed by atoms with Gasteiger partial charge in [-0.05, 0) is 31.2 Å². The maximum absolute atomic E-state index is 13.1. The lowest BCUT2D eigenvalue weighted by Gasteiger charge is -2.29. The van der Waals surface area contributed by atoms with Crippen molar-refractivity contribution < 1.29 is 23.9 Å². The summed E-state index contributed by atoms with van der Waals surface area (Å²) >= 11 is 0.966. The molecule has 1 saturated heterocycles. The van der Waals surface area contributed by atoms with Gasteiger partial charge in [0.05, 0.1) is 12.3 Å². The quantitative estimate of drug-likeness (QED) is 0.440. The first-order valence-electron chi connectivity index (χ1n) is 9.04. The predicted octanol–water partition coefficient (Wildman–Crippen LogP) is 2.92. The summed E-state index contributed by atoms with van der Waals surface area (Å²) in [6.45, 7) is 1.84. The second-order valence-corrected chi connectivity index (χ2v) is 7.42. The number of ether oxygens (including phenoxy) is 2. The van der Waals surface area contributed by atoms with Crippen LogP contribution in [0.4, 0.5) is 11.4 Å². The van der Waals surface area contributed by atoms with Gasteiger partial charge < -0.3 is 14.4 Å². The van der Waals surface area contributed by atoms with E-state index in [4.69, 9.17) is 9.47 Å². The fourth-order valence-corrected chi connectivity index (χ4v) is 4.28. The van der Waals surface area contributed by atoms with Crippen LogP contribution in [0, 0.1) is 0 Å². The minimum atomic E-state index is -1.10. The van der Waals surface area contributed by atoms with Crippen LogP contribution in [0.3, 0.4) is 0 Å². The Labute approximate surface area is 171 Å². The molecule has 0 spiro atoms. The molecule has 1 unspecified atom stereocenters. The van der Waals surface area contributed by atoms with E-state index >= 15 is 0 Å². The topological polar surface area (TPSA) is 76.2 Å². The molecule has 2 aromatic carbocycles. The van der Waals surface area contributed by atoms with E-state index in [0.717, 1.165) is 11.8 Å². The zero-order valence-corrected chi connectivity index (χ0v) is 16.6. The van der Waals surface area contributed by atoms with Crippen molar-refractivity contribution in [2.24, 2.45) is 0 Å². The van der Waals surface area contributed by atoms with E-state index in [1.807, 2.05) is 12.1 Å². The van der Waals surface area contributed by atoms with Crippen LogP contribution in [0.2, 0.25) is 0 Å². The van der Waals surface area contributed by atoms with E-state index in [1.165, 1.54) is 9.80 Å². The summed E-state index contributed by atoms with van der Waals surface area (Å²) < 4.78 is 11.0. The summed E-state index contributed by atoms with van der Waals surface area (Å²) in [4.78, 5) is 41.3. The summed E-state index contributed by atoms with van der Waals surface area (Å²) in [5.74, 6) is -1.02. The van der Waals surface area contributed by atoms with Gasteiger partial charge in [-0.3, -0.25) is 19.3 Å². The number of fused-ring (bicyclic) bond motifs is 1. The molecule has 2 aliphatic heterocycles. The van der Waals surface area contributed by atoms with Crippen molar-refractivity contribution in [1.29, 1.82) is 0 Å². The summed E-state index contributed by atoms with van der Waals surface area (Å²) in [5.41, 5.74) is 1.17. The van der Waals surface area contributed by atoms with Crippen LogP contribution in [0.1, 0.15) is 6.92 Å². The fourth-order valence-electron chi connectivity index (χ4n) is 3.15. The van der Waals surface area contributed by atoms with Crippen LogP contribution < -0.4 is 14.5 Å². The second-order valence-electron chi connectivity index (χ2n) is 6.33. The average molecular weight is 410 g/mol. The minimum absolute atomic E-state index is 0.000187. The van der Waals surface area contributed by atoms with Crippen LogP contribution >= 0.6 is 11.8 Å². The van der Waals surface area contributed by atoms with E-state index in [2.05, 4.69) is 0 Å². The first kappa shape index (κ1) is 19.1. The van der Waals surface area contributed by atoms with E-state index in [0.29, 0.717) is 17.1 Å². The minimum Gasteiger partial charge on any atom is -0.465 e. The number of hydrogen-bond acceptors (Lipinski definition) is 6. The number of anilines is 2. The van der Waals surface area contributed by atoms with Crippen molar-refractivity contribution in [3.05, 3.63) is 65.4 Å². The SMILES string of the molecule is CCOC(=O)C1S/C(=C2\Oc3ccccc3N(C)C2=O)N(c2ccccc2)C1=O. The zero-order chi connectivity index (χ0) is 20.5. The molecule has 0 aliphatic carbocycles. The highest BCUT2D eigenvalue weighted by Gasteiger charge is 2.47. The van der Waals surface area contributed by atoms with Gasteiger partial charge in [-0.25, -0.2) is 0 Å². The molecule has 0 saturated carbocycles. The number of carbonyl (C=O) groups excluding carboxylic acids is 3. The van der Waals surface area contributed by atoms with Gasteiger partial charge >= 0.3 is 5.97 Å². The Balaban J connectivity index is 1.84. The molecule has 148 valence electrons. The van der Waals surface area contributed by atoms with Crippen LogP contribution in [-0.2, 0) is 19.1 Å². The standard InChI is InChI=1S/C21H18N2O5S/c1-3-27-21(26)17-19(25)23(13-9-5-4-6-10-13)20(29-17)16-18(24)22(2)14-11-7-8-12-15(14)28-16/h4-12,17H,3H2,1-2H3/b20-16-. The first-order valence-corrected chi connectivity index (χ1v) is 9.92. The molecule has 0 bridgehead atoms. The largest absolute Gasteiger partial charge is 0.465 e. The van der Waals surface area contributed by atoms with Crippen LogP contribution in [-0.4, -0.2) is 36.7 Å². The van der Waals surface area contributed by atoms with Gasteiger partial charge in [0.1, 0.15) is 5.03 Å². The molecule has 29 heavy (non-hydrogen) atoms. The Kier molecular flexibility index (Phi) is 5.02. The molecule has 4 rings (SSSR count). The monoisotopic (exact) mass is 410 g/mol. The average Bonchev–Trinajstić information content (AvgIpc) is 3.08. The number of amides is 2. The van der Waals surface area contributed by atoms with Crippen LogP contribution in [0.15, 0.2) is 65.4 Å². The number of rotatable bonds is 3. The van der Waals surface area contributed by atoms with Crippen LogP contribution in [0.5, 0.6) is 5.75 Å². The molecule has 2 amide bonds. The van der Waals surface area contributed by atoms with Gasteiger partial charge in [0.15, 0.2) is 11.0 Å². The van der Waals surface area contributed by atoms with Crippen molar-refractivity contribution in [2.45, 2.75) is 12.2 Å². The fraction of sp³-hybridized carbons (Fsp3) is 0.190.